The molecule has 0 bridgehead atoms. The van der Waals surface area contributed by atoms with Crippen LogP contribution in [-0.2, 0) is 21.2 Å². The van der Waals surface area contributed by atoms with Gasteiger partial charge in [0, 0.05) is 65.5 Å². The van der Waals surface area contributed by atoms with Gasteiger partial charge in [0.2, 0.25) is 0 Å². The second-order valence-electron chi connectivity index (χ2n) is 14.2. The number of nitrogens with zero attached hydrogens (tertiary/aromatic N) is 3. The van der Waals surface area contributed by atoms with Crippen LogP contribution in [0.1, 0.15) is 35.2 Å². The molecule has 1 saturated heterocycles. The van der Waals surface area contributed by atoms with Crippen LogP contribution in [0.2, 0.25) is 0 Å². The minimum absolute atomic E-state index is 0.141. The quantitative estimate of drug-likeness (QED) is 0.0538. The molecule has 1 fully saturated rings. The number of nitro benzene ring substituents is 1. The van der Waals surface area contributed by atoms with E-state index in [0.29, 0.717) is 12.2 Å². The van der Waals surface area contributed by atoms with Crippen molar-refractivity contribution >= 4 is 56.1 Å². The summed E-state index contributed by atoms with van der Waals surface area (Å²) in [5.74, 6) is -0.189. The lowest BCUT2D eigenvalue weighted by Crippen LogP contribution is -2.47. The molecule has 1 aromatic heterocycles. The number of hydrogen-bond acceptors (Lipinski definition) is 11. The summed E-state index contributed by atoms with van der Waals surface area (Å²) in [4.78, 5) is 31.0. The number of carbonyl (C=O) groups excluding carboxylic acids is 1. The van der Waals surface area contributed by atoms with Crippen LogP contribution in [0.3, 0.4) is 0 Å². The van der Waals surface area contributed by atoms with E-state index in [2.05, 4.69) is 56.7 Å². The Morgan fingerprint density at radius 2 is 1.70 bits per heavy atom. The summed E-state index contributed by atoms with van der Waals surface area (Å²) >= 11 is 3.36. The van der Waals surface area contributed by atoms with Crippen LogP contribution in [0, 0.1) is 10.1 Å². The molecular formula is C42H47N5O6S3. The summed E-state index contributed by atoms with van der Waals surface area (Å²) in [7, 11) is 1.27. The van der Waals surface area contributed by atoms with Crippen molar-refractivity contribution in [2.75, 3.05) is 56.8 Å². The lowest BCUT2D eigenvalue weighted by molar-refractivity contribution is -0.384. The zero-order chi connectivity index (χ0) is 39.7. The summed E-state index contributed by atoms with van der Waals surface area (Å²) in [6, 6.07) is 32.9. The fourth-order valence-electron chi connectivity index (χ4n) is 6.88. The number of nitrogens with one attached hydrogen (secondary N) is 2. The molecule has 1 aliphatic heterocycles. The smallest absolute Gasteiger partial charge is 0.293 e. The Balaban J connectivity index is 1.08. The van der Waals surface area contributed by atoms with E-state index in [9.17, 15) is 23.3 Å². The van der Waals surface area contributed by atoms with Gasteiger partial charge in [0.25, 0.3) is 21.6 Å². The number of carbonyl (C=O) groups is 1. The van der Waals surface area contributed by atoms with Crippen LogP contribution < -0.4 is 14.9 Å². The van der Waals surface area contributed by atoms with Gasteiger partial charge in [-0.15, -0.1) is 23.1 Å². The van der Waals surface area contributed by atoms with E-state index < -0.39 is 26.5 Å². The SMILES string of the molecule is COC1(Cc2ccccc2-c2cccs2)CCN(c2ccc(C(=O)NS(=O)(=O)c3ccc(NC(CCN(C)C)CSc4ccccc4)c([N+](=O)[O-])c3)cc2)CC1. The lowest BCUT2D eigenvalue weighted by atomic mass is 9.83. The van der Waals surface area contributed by atoms with Crippen molar-refractivity contribution in [1.29, 1.82) is 0 Å². The van der Waals surface area contributed by atoms with Crippen molar-refractivity contribution in [2.24, 2.45) is 0 Å². The summed E-state index contributed by atoms with van der Waals surface area (Å²) in [5.41, 5.74) is 3.06. The molecule has 2 N–H and O–H groups in total. The average Bonchev–Trinajstić information content (AvgIpc) is 3.75. The minimum atomic E-state index is -4.43. The molecule has 14 heteroatoms. The second-order valence-corrected chi connectivity index (χ2v) is 17.9. The molecule has 1 aliphatic rings. The standard InChI is InChI=1S/C42H47N5O6S3/c1-45(2)24-21-33(30-55-35-11-5-4-6-12-35)43-38-20-19-36(28-39(38)47(49)50)56(51,52)44-41(48)31-15-17-34(18-16-31)46-25-22-42(53-3,23-26-46)29-32-10-7-8-13-37(32)40-14-9-27-54-40/h4-20,27-28,33,43H,21-26,29-30H2,1-3H3,(H,44,48). The highest BCUT2D eigenvalue weighted by Gasteiger charge is 2.36. The van der Waals surface area contributed by atoms with Gasteiger partial charge in [-0.05, 0) is 111 Å². The summed E-state index contributed by atoms with van der Waals surface area (Å²) in [6.07, 6.45) is 3.13. The van der Waals surface area contributed by atoms with Crippen LogP contribution in [0.5, 0.6) is 0 Å². The Labute approximate surface area is 337 Å². The summed E-state index contributed by atoms with van der Waals surface area (Å²) in [5, 5.41) is 17.6. The Morgan fingerprint density at radius 1 is 0.982 bits per heavy atom. The number of methoxy groups -OCH3 is 1. The number of rotatable bonds is 17. The topological polar surface area (TPSA) is 134 Å². The number of amides is 1. The van der Waals surface area contributed by atoms with Crippen LogP contribution in [0.25, 0.3) is 10.4 Å². The number of ether oxygens (including phenoxy) is 1. The van der Waals surface area contributed by atoms with E-state index in [1.807, 2.05) is 61.5 Å². The highest BCUT2D eigenvalue weighted by atomic mass is 32.2. The summed E-state index contributed by atoms with van der Waals surface area (Å²) < 4.78 is 35.0. The van der Waals surface area contributed by atoms with E-state index in [0.717, 1.165) is 55.5 Å². The van der Waals surface area contributed by atoms with Crippen molar-refractivity contribution in [2.45, 2.75) is 47.1 Å². The van der Waals surface area contributed by atoms with Crippen molar-refractivity contribution in [3.8, 4) is 10.4 Å². The van der Waals surface area contributed by atoms with E-state index in [4.69, 9.17) is 4.74 Å². The molecule has 1 unspecified atom stereocenters. The molecule has 11 nitrogen and oxygen atoms in total. The molecule has 294 valence electrons. The number of hydrogen-bond donors (Lipinski definition) is 2. The van der Waals surface area contributed by atoms with E-state index >= 15 is 0 Å². The third kappa shape index (κ3) is 10.4. The van der Waals surface area contributed by atoms with Crippen molar-refractivity contribution < 1.29 is 22.9 Å². The van der Waals surface area contributed by atoms with E-state index in [1.54, 1.807) is 42.3 Å². The zero-order valence-corrected chi connectivity index (χ0v) is 34.2. The number of piperidine rings is 1. The number of sulfonamides is 1. The van der Waals surface area contributed by atoms with Crippen molar-refractivity contribution in [3.05, 3.63) is 136 Å². The Morgan fingerprint density at radius 3 is 2.36 bits per heavy atom. The van der Waals surface area contributed by atoms with Gasteiger partial charge in [-0.25, -0.2) is 13.1 Å². The maximum Gasteiger partial charge on any atom is 0.293 e. The molecule has 5 aromatic rings. The molecule has 1 atom stereocenters. The first-order valence-electron chi connectivity index (χ1n) is 18.4. The van der Waals surface area contributed by atoms with Gasteiger partial charge in [-0.1, -0.05) is 48.5 Å². The fraction of sp³-hybridized carbons (Fsp3) is 0.310. The van der Waals surface area contributed by atoms with Crippen LogP contribution in [-0.4, -0.2) is 82.4 Å². The average molecular weight is 814 g/mol. The van der Waals surface area contributed by atoms with Crippen molar-refractivity contribution in [3.63, 3.8) is 0 Å². The van der Waals surface area contributed by atoms with Gasteiger partial charge < -0.3 is 19.9 Å². The van der Waals surface area contributed by atoms with Gasteiger partial charge in [-0.3, -0.25) is 14.9 Å². The molecule has 2 heterocycles. The van der Waals surface area contributed by atoms with Gasteiger partial charge in [0.15, 0.2) is 0 Å². The molecule has 0 aliphatic carbocycles. The lowest BCUT2D eigenvalue weighted by Gasteiger charge is -2.42. The monoisotopic (exact) mass is 813 g/mol. The van der Waals surface area contributed by atoms with Gasteiger partial charge in [0.1, 0.15) is 5.69 Å². The normalized spacial score (nSPS) is 14.7. The zero-order valence-electron chi connectivity index (χ0n) is 31.7. The number of benzene rings is 4. The second kappa shape index (κ2) is 18.5. The number of nitro groups is 1. The van der Waals surface area contributed by atoms with Crippen LogP contribution >= 0.6 is 23.1 Å². The fourth-order valence-corrected chi connectivity index (χ4v) is 9.65. The maximum atomic E-state index is 13.4. The largest absolute Gasteiger partial charge is 0.378 e. The van der Waals surface area contributed by atoms with E-state index in [1.165, 1.54) is 28.1 Å². The van der Waals surface area contributed by atoms with Gasteiger partial charge >= 0.3 is 0 Å². The minimum Gasteiger partial charge on any atom is -0.378 e. The molecule has 6 rings (SSSR count). The number of anilines is 2. The molecule has 4 aromatic carbocycles. The van der Waals surface area contributed by atoms with Crippen molar-refractivity contribution in [1.82, 2.24) is 9.62 Å². The van der Waals surface area contributed by atoms with Crippen LogP contribution in [0.15, 0.2) is 124 Å². The molecule has 0 radical (unpaired) electrons. The van der Waals surface area contributed by atoms with Gasteiger partial charge in [0.05, 0.1) is 15.4 Å². The maximum absolute atomic E-state index is 13.4. The predicted molar refractivity (Wildman–Crippen MR) is 227 cm³/mol. The Bertz CT molecular complexity index is 2190. The molecule has 0 spiro atoms. The molecule has 56 heavy (non-hydrogen) atoms. The number of thiophene rings is 1. The third-order valence-electron chi connectivity index (χ3n) is 10.1. The Kier molecular flexibility index (Phi) is 13.5. The molecule has 0 saturated carbocycles. The Hall–Kier alpha value is -4.73. The predicted octanol–water partition coefficient (Wildman–Crippen LogP) is 8.19. The highest BCUT2D eigenvalue weighted by Crippen LogP contribution is 2.36. The van der Waals surface area contributed by atoms with Gasteiger partial charge in [-0.2, -0.15) is 0 Å². The highest BCUT2D eigenvalue weighted by molar-refractivity contribution is 7.99. The van der Waals surface area contributed by atoms with Crippen LogP contribution in [0.4, 0.5) is 17.1 Å². The first-order chi connectivity index (χ1) is 26.9. The first kappa shape index (κ1) is 40.9. The summed E-state index contributed by atoms with van der Waals surface area (Å²) in [6.45, 7) is 2.25. The molecule has 1 amide bonds. The first-order valence-corrected chi connectivity index (χ1v) is 21.8. The third-order valence-corrected chi connectivity index (χ3v) is 13.5. The van der Waals surface area contributed by atoms with E-state index in [-0.39, 0.29) is 27.8 Å². The molecular weight excluding hydrogens is 767 g/mol. The number of thioether (sulfide) groups is 1.